The third kappa shape index (κ3) is 8.49. The van der Waals surface area contributed by atoms with Gasteiger partial charge in [0.05, 0.1) is 12.6 Å². The predicted octanol–water partition coefficient (Wildman–Crippen LogP) is 11.5. The van der Waals surface area contributed by atoms with Crippen LogP contribution in [0.25, 0.3) is 0 Å². The molecule has 0 aliphatic carbocycles. The summed E-state index contributed by atoms with van der Waals surface area (Å²) in [5.74, 6) is -63.7. The van der Waals surface area contributed by atoms with Crippen LogP contribution in [0, 0.1) is 158 Å². The first-order chi connectivity index (χ1) is 34.9. The first-order valence-corrected chi connectivity index (χ1v) is 25.4. The van der Waals surface area contributed by atoms with Crippen LogP contribution in [0.3, 0.4) is 0 Å². The molecule has 402 valence electrons. The second-order valence-electron chi connectivity index (χ2n) is 17.6. The Kier molecular flexibility index (Phi) is 15.9. The standard InChI is InChI=1S/C45H27B2F20O3PS.CH2Cl2/c1-13-9-15(3)43(16(4)10-13)71(44-17(5)11-14(2)12-18(44)6)8-7-46(19-23(48)31(56)39(64)32(57)24(19)49,20-25(50)33(58)40(65)34(59)26(20)51)69-72-68-45(71)47(70-72,21-27(52)35(60)41(66)36(61)28(21)53)22-29(54)37(62)42(67)38(63)30(22)55;2-1-3/h9-12,45H,7-8H2,1-6H3;1H2/t45-,72?;/m0./s1. The van der Waals surface area contributed by atoms with Crippen molar-refractivity contribution in [3.8, 4) is 0 Å². The smallest absolute Gasteiger partial charge is 0.325 e. The number of rotatable bonds is 6. The number of alkyl halides is 2. The summed E-state index contributed by atoms with van der Waals surface area (Å²) < 4.78 is 338. The van der Waals surface area contributed by atoms with Crippen LogP contribution in [0.4, 0.5) is 87.8 Å². The lowest BCUT2D eigenvalue weighted by molar-refractivity contribution is 0.345. The fraction of sp³-hybridized carbons (Fsp3) is 0.217. The van der Waals surface area contributed by atoms with Gasteiger partial charge in [-0.2, -0.15) is 0 Å². The van der Waals surface area contributed by atoms with Crippen molar-refractivity contribution in [2.45, 2.75) is 53.6 Å². The van der Waals surface area contributed by atoms with Crippen molar-refractivity contribution in [3.05, 3.63) is 174 Å². The lowest BCUT2D eigenvalue weighted by atomic mass is 9.30. The molecule has 0 radical (unpaired) electrons. The van der Waals surface area contributed by atoms with E-state index in [0.29, 0.717) is 11.1 Å². The summed E-state index contributed by atoms with van der Waals surface area (Å²) in [5, 5.41) is -0.467. The molecule has 6 aromatic carbocycles. The van der Waals surface area contributed by atoms with E-state index in [0.717, 1.165) is 0 Å². The van der Waals surface area contributed by atoms with E-state index in [1.165, 1.54) is 65.8 Å². The lowest BCUT2D eigenvalue weighted by Crippen LogP contribution is -2.72. The minimum absolute atomic E-state index is 0.0813. The van der Waals surface area contributed by atoms with Gasteiger partial charge in [-0.1, -0.05) is 57.2 Å². The molecule has 0 N–H and O–H groups in total. The van der Waals surface area contributed by atoms with Crippen LogP contribution >= 0.6 is 30.5 Å². The SMILES string of the molecule is Cc1cc(C)c([P+]2(c3c(C)cc(C)cc3C)CC[B-](c3c(F)c(F)c(F)c(F)c3F)(c3c(F)c(F)c(F)c(F)c3F)O[S+]3O[C@@H]2[B-](c2c(F)c(F)c(F)c(F)c2F)(c2c(F)c(F)c(F)c(F)c2F)O3)c(C)c1.ClCCl. The third-order valence-corrected chi connectivity index (χ3v) is 20.0. The molecule has 0 amide bonds. The number of fused-ring (bicyclic) bond motifs is 2. The molecule has 6 aromatic rings. The fourth-order valence-electron chi connectivity index (χ4n) is 10.8. The van der Waals surface area contributed by atoms with Crippen molar-refractivity contribution < 1.29 is 100 Å². The van der Waals surface area contributed by atoms with Crippen LogP contribution in [0.15, 0.2) is 24.3 Å². The van der Waals surface area contributed by atoms with Gasteiger partial charge in [-0.3, -0.25) is 0 Å². The Labute approximate surface area is 425 Å². The van der Waals surface area contributed by atoms with E-state index in [2.05, 4.69) is 0 Å². The van der Waals surface area contributed by atoms with Crippen molar-refractivity contribution in [3.63, 3.8) is 0 Å². The van der Waals surface area contributed by atoms with Gasteiger partial charge in [0.25, 0.3) is 6.35 Å². The third-order valence-electron chi connectivity index (χ3n) is 13.2. The zero-order valence-corrected chi connectivity index (χ0v) is 41.8. The highest BCUT2D eigenvalue weighted by molar-refractivity contribution is 7.95. The van der Waals surface area contributed by atoms with Gasteiger partial charge in [0.2, 0.25) is 0 Å². The molecule has 29 heteroatoms. The Balaban J connectivity index is 0.00000267. The monoisotopic (exact) mass is 1160 g/mol. The maximum Gasteiger partial charge on any atom is 0.413 e. The molecule has 8 rings (SSSR count). The number of aryl methyl sites for hydroxylation is 6. The highest BCUT2D eigenvalue weighted by Crippen LogP contribution is 2.70. The molecule has 3 nitrogen and oxygen atoms in total. The maximum absolute atomic E-state index is 17.0. The van der Waals surface area contributed by atoms with Crippen LogP contribution < -0.4 is 32.5 Å². The van der Waals surface area contributed by atoms with E-state index in [-0.39, 0.29) is 38.2 Å². The Bertz CT molecular complexity index is 3050. The highest BCUT2D eigenvalue weighted by atomic mass is 35.5. The van der Waals surface area contributed by atoms with E-state index < -0.39 is 188 Å². The summed E-state index contributed by atoms with van der Waals surface area (Å²) in [6.07, 6.45) is -14.8. The van der Waals surface area contributed by atoms with Gasteiger partial charge >= 0.3 is 18.1 Å². The predicted molar refractivity (Wildman–Crippen MR) is 243 cm³/mol. The average molecular weight is 1170 g/mol. The Hall–Kier alpha value is -4.71. The summed E-state index contributed by atoms with van der Waals surface area (Å²) in [4.78, 5) is 0. The minimum Gasteiger partial charge on any atom is -0.325 e. The molecule has 75 heavy (non-hydrogen) atoms. The maximum atomic E-state index is 17.0. The molecular weight excluding hydrogens is 1140 g/mol. The van der Waals surface area contributed by atoms with E-state index in [9.17, 15) is 8.78 Å². The Morgan fingerprint density at radius 1 is 0.413 bits per heavy atom. The summed E-state index contributed by atoms with van der Waals surface area (Å²) >= 11 is 5.41. The van der Waals surface area contributed by atoms with Crippen molar-refractivity contribution in [2.24, 2.45) is 0 Å². The van der Waals surface area contributed by atoms with Crippen LogP contribution in [-0.4, -0.2) is 29.9 Å². The van der Waals surface area contributed by atoms with Gasteiger partial charge in [0.15, 0.2) is 75.6 Å². The van der Waals surface area contributed by atoms with Crippen LogP contribution in [0.5, 0.6) is 0 Å². The number of halogens is 22. The summed E-state index contributed by atoms with van der Waals surface area (Å²) in [7, 11) is -5.22. The molecule has 1 unspecified atom stereocenters. The number of benzene rings is 6. The quantitative estimate of drug-likeness (QED) is 0.0316. The lowest BCUT2D eigenvalue weighted by Gasteiger charge is -2.46. The minimum atomic E-state index is -5.85. The van der Waals surface area contributed by atoms with E-state index in [4.69, 9.17) is 35.6 Å². The molecular formula is C46H29B2Cl2F20O3PS. The normalized spacial score (nSPS) is 17.7. The molecule has 2 fully saturated rings. The van der Waals surface area contributed by atoms with E-state index in [1.54, 1.807) is 0 Å². The Morgan fingerprint density at radius 3 is 0.920 bits per heavy atom. The zero-order chi connectivity index (χ0) is 56.2. The summed E-state index contributed by atoms with van der Waals surface area (Å²) in [6, 6.07) is 5.25. The van der Waals surface area contributed by atoms with Gasteiger partial charge in [-0.15, -0.1) is 33.7 Å². The molecule has 2 saturated heterocycles. The van der Waals surface area contributed by atoms with Crippen LogP contribution in [-0.2, 0) is 24.1 Å². The fourth-order valence-corrected chi connectivity index (χ4v) is 19.3. The summed E-state index contributed by atoms with van der Waals surface area (Å²) in [6.45, 7) is 7.93. The van der Waals surface area contributed by atoms with Crippen molar-refractivity contribution in [1.29, 1.82) is 0 Å². The number of hydrogen-bond donors (Lipinski definition) is 0. The van der Waals surface area contributed by atoms with Crippen molar-refractivity contribution in [1.82, 2.24) is 0 Å². The number of hydrogen-bond acceptors (Lipinski definition) is 3. The molecule has 0 saturated carbocycles. The van der Waals surface area contributed by atoms with E-state index >= 15 is 79.0 Å². The largest absolute Gasteiger partial charge is 0.413 e. The Morgan fingerprint density at radius 2 is 0.653 bits per heavy atom. The van der Waals surface area contributed by atoms with Gasteiger partial charge in [-0.05, 0) is 63.8 Å². The molecule has 2 bridgehead atoms. The van der Waals surface area contributed by atoms with Crippen molar-refractivity contribution >= 4 is 87.4 Å². The van der Waals surface area contributed by atoms with Gasteiger partial charge in [0.1, 0.15) is 57.1 Å². The molecule has 2 aliphatic rings. The van der Waals surface area contributed by atoms with E-state index in [1.807, 2.05) is 0 Å². The highest BCUT2D eigenvalue weighted by Gasteiger charge is 2.75. The second-order valence-corrected chi connectivity index (χ2v) is 23.0. The zero-order valence-electron chi connectivity index (χ0n) is 38.6. The molecule has 2 atom stereocenters. The first-order valence-electron chi connectivity index (χ1n) is 21.2. The van der Waals surface area contributed by atoms with Crippen molar-refractivity contribution in [2.75, 3.05) is 11.5 Å². The molecule has 2 heterocycles. The van der Waals surface area contributed by atoms with Gasteiger partial charge < -0.3 is 8.20 Å². The van der Waals surface area contributed by atoms with Crippen LogP contribution in [0.2, 0.25) is 6.32 Å². The molecule has 0 spiro atoms. The first kappa shape index (κ1) is 58.0. The topological polar surface area (TPSA) is 27.7 Å². The van der Waals surface area contributed by atoms with Gasteiger partial charge in [-0.25, -0.2) is 87.8 Å². The molecule has 2 aliphatic heterocycles. The average Bonchev–Trinajstić information content (AvgIpc) is 3.72. The van der Waals surface area contributed by atoms with Gasteiger partial charge in [0, 0.05) is 6.16 Å². The second kappa shape index (κ2) is 20.6. The molecule has 0 aromatic heterocycles. The van der Waals surface area contributed by atoms with Crippen LogP contribution in [0.1, 0.15) is 33.4 Å². The summed E-state index contributed by atoms with van der Waals surface area (Å²) in [5.41, 5.74) is -9.94.